The Morgan fingerprint density at radius 3 is 2.71 bits per heavy atom. The minimum atomic E-state index is -4.43. The molecule has 2 heterocycles. The number of fused-ring (bicyclic) bond motifs is 1. The number of carbonyl (C=O) groups excluding carboxylic acids is 1. The molecule has 4 aromatic rings. The van der Waals surface area contributed by atoms with E-state index < -0.39 is 16.1 Å². The maximum atomic E-state index is 13.1. The van der Waals surface area contributed by atoms with Crippen molar-refractivity contribution in [1.82, 2.24) is 9.97 Å². The second-order valence-corrected chi connectivity index (χ2v) is 8.19. The lowest BCUT2D eigenvalue weighted by atomic mass is 10.2. The number of carbonyl (C=O) groups is 1. The average molecular weight is 459 g/mol. The molecule has 0 bridgehead atoms. The molecule has 0 spiro atoms. The van der Waals surface area contributed by atoms with Crippen LogP contribution in [-0.2, 0) is 14.9 Å². The monoisotopic (exact) mass is 458 g/mol. The summed E-state index contributed by atoms with van der Waals surface area (Å²) in [5.74, 6) is -0.784. The van der Waals surface area contributed by atoms with Crippen LogP contribution in [0, 0.1) is 0 Å². The van der Waals surface area contributed by atoms with E-state index in [1.165, 1.54) is 36.4 Å². The molecular formula is C21H15ClN2O6S. The van der Waals surface area contributed by atoms with Gasteiger partial charge in [0.05, 0.1) is 17.7 Å². The van der Waals surface area contributed by atoms with Crippen LogP contribution in [0.5, 0.6) is 5.75 Å². The van der Waals surface area contributed by atoms with E-state index >= 15 is 0 Å². The molecule has 8 nitrogen and oxygen atoms in total. The Morgan fingerprint density at radius 2 is 1.94 bits per heavy atom. The highest BCUT2D eigenvalue weighted by atomic mass is 35.5. The minimum Gasteiger partial charge on any atom is -0.462 e. The molecular weight excluding hydrogens is 444 g/mol. The first-order valence-electron chi connectivity index (χ1n) is 9.11. The van der Waals surface area contributed by atoms with E-state index in [2.05, 4.69) is 9.97 Å². The number of oxazole rings is 1. The van der Waals surface area contributed by atoms with Crippen LogP contribution >= 0.6 is 11.6 Å². The fourth-order valence-corrected chi connectivity index (χ4v) is 4.14. The highest BCUT2D eigenvalue weighted by molar-refractivity contribution is 7.87. The lowest BCUT2D eigenvalue weighted by Gasteiger charge is -2.12. The van der Waals surface area contributed by atoms with Crippen molar-refractivity contribution in [2.75, 3.05) is 6.61 Å². The van der Waals surface area contributed by atoms with Gasteiger partial charge in [0.15, 0.2) is 17.0 Å². The summed E-state index contributed by atoms with van der Waals surface area (Å²) >= 11 is 6.07. The van der Waals surface area contributed by atoms with Crippen molar-refractivity contribution in [3.8, 4) is 17.2 Å². The van der Waals surface area contributed by atoms with Gasteiger partial charge in [-0.1, -0.05) is 23.7 Å². The number of benzene rings is 2. The molecule has 0 saturated heterocycles. The van der Waals surface area contributed by atoms with Crippen molar-refractivity contribution in [2.24, 2.45) is 0 Å². The molecule has 0 saturated carbocycles. The van der Waals surface area contributed by atoms with Crippen molar-refractivity contribution in [1.29, 1.82) is 0 Å². The standard InChI is InChI=1S/C21H15ClN2O6S/c1-2-28-21(25)15-6-3-4-8-18(15)31(26,27)30-17-12-13(22)9-10-14(17)20-24-19-16(29-20)7-5-11-23-19/h3-12H,2H2,1H3. The number of nitrogens with zero attached hydrogens (tertiary/aromatic N) is 2. The van der Waals surface area contributed by atoms with Crippen LogP contribution in [0.3, 0.4) is 0 Å². The fraction of sp³-hybridized carbons (Fsp3) is 0.0952. The van der Waals surface area contributed by atoms with Crippen molar-refractivity contribution in [3.63, 3.8) is 0 Å². The summed E-state index contributed by atoms with van der Waals surface area (Å²) in [4.78, 5) is 20.3. The molecule has 0 aliphatic carbocycles. The zero-order valence-electron chi connectivity index (χ0n) is 16.1. The fourth-order valence-electron chi connectivity index (χ4n) is 2.85. The van der Waals surface area contributed by atoms with Gasteiger partial charge in [-0.2, -0.15) is 13.4 Å². The van der Waals surface area contributed by atoms with Crippen LogP contribution in [0.25, 0.3) is 22.7 Å². The number of hydrogen-bond donors (Lipinski definition) is 0. The molecule has 10 heteroatoms. The number of hydrogen-bond acceptors (Lipinski definition) is 8. The molecule has 4 rings (SSSR count). The SMILES string of the molecule is CCOC(=O)c1ccccc1S(=O)(=O)Oc1cc(Cl)ccc1-c1nc2ncccc2o1. The number of esters is 1. The number of aromatic nitrogens is 2. The van der Waals surface area contributed by atoms with Crippen molar-refractivity contribution >= 4 is 38.9 Å². The molecule has 0 unspecified atom stereocenters. The van der Waals surface area contributed by atoms with Crippen LogP contribution in [-0.4, -0.2) is 31.0 Å². The van der Waals surface area contributed by atoms with Crippen molar-refractivity contribution < 1.29 is 26.5 Å². The predicted octanol–water partition coefficient (Wildman–Crippen LogP) is 4.49. The number of rotatable bonds is 6. The van der Waals surface area contributed by atoms with Crippen LogP contribution in [0.15, 0.2) is 70.1 Å². The van der Waals surface area contributed by atoms with E-state index in [4.69, 9.17) is 24.9 Å². The van der Waals surface area contributed by atoms with Crippen LogP contribution in [0.1, 0.15) is 17.3 Å². The quantitative estimate of drug-likeness (QED) is 0.307. The molecule has 2 aromatic heterocycles. The zero-order valence-corrected chi connectivity index (χ0v) is 17.7. The molecule has 0 amide bonds. The highest BCUT2D eigenvalue weighted by Crippen LogP contribution is 2.35. The summed E-state index contributed by atoms with van der Waals surface area (Å²) in [7, 11) is -4.43. The highest BCUT2D eigenvalue weighted by Gasteiger charge is 2.27. The Kier molecular flexibility index (Phi) is 5.62. The third kappa shape index (κ3) is 4.23. The van der Waals surface area contributed by atoms with Gasteiger partial charge in [0, 0.05) is 17.3 Å². The molecule has 2 aromatic carbocycles. The number of pyridine rings is 1. The van der Waals surface area contributed by atoms with Crippen molar-refractivity contribution in [2.45, 2.75) is 11.8 Å². The Hall–Kier alpha value is -3.43. The van der Waals surface area contributed by atoms with Gasteiger partial charge in [-0.25, -0.2) is 9.78 Å². The second-order valence-electron chi connectivity index (χ2n) is 6.24. The zero-order chi connectivity index (χ0) is 22.0. The minimum absolute atomic E-state index is 0.0955. The largest absolute Gasteiger partial charge is 0.462 e. The molecule has 0 aliphatic rings. The van der Waals surface area contributed by atoms with Crippen LogP contribution < -0.4 is 4.18 Å². The third-order valence-electron chi connectivity index (χ3n) is 4.19. The van der Waals surface area contributed by atoms with Gasteiger partial charge < -0.3 is 13.3 Å². The topological polar surface area (TPSA) is 109 Å². The first-order valence-corrected chi connectivity index (χ1v) is 10.9. The predicted molar refractivity (Wildman–Crippen MR) is 112 cm³/mol. The Labute approximate surface area is 182 Å². The smallest absolute Gasteiger partial charge is 0.340 e. The van der Waals surface area contributed by atoms with E-state index in [1.807, 2.05) is 0 Å². The van der Waals surface area contributed by atoms with Gasteiger partial charge in [-0.3, -0.25) is 0 Å². The van der Waals surface area contributed by atoms with Gasteiger partial charge in [0.1, 0.15) is 4.90 Å². The maximum Gasteiger partial charge on any atom is 0.340 e. The Morgan fingerprint density at radius 1 is 1.13 bits per heavy atom. The van der Waals surface area contributed by atoms with Gasteiger partial charge in [-0.15, -0.1) is 0 Å². The Bertz CT molecular complexity index is 1350. The summed E-state index contributed by atoms with van der Waals surface area (Å²) in [6, 6.07) is 13.4. The van der Waals surface area contributed by atoms with Gasteiger partial charge >= 0.3 is 16.1 Å². The first-order chi connectivity index (χ1) is 14.9. The number of halogens is 1. The lowest BCUT2D eigenvalue weighted by molar-refractivity contribution is 0.0521. The third-order valence-corrected chi connectivity index (χ3v) is 5.72. The van der Waals surface area contributed by atoms with E-state index in [-0.39, 0.29) is 39.3 Å². The normalized spacial score (nSPS) is 11.4. The van der Waals surface area contributed by atoms with Crippen LogP contribution in [0.4, 0.5) is 0 Å². The summed E-state index contributed by atoms with van der Waals surface area (Å²) in [5, 5.41) is 0.238. The van der Waals surface area contributed by atoms with Gasteiger partial charge in [0.2, 0.25) is 5.89 Å². The molecule has 0 N–H and O–H groups in total. The lowest BCUT2D eigenvalue weighted by Crippen LogP contribution is -2.16. The second kappa shape index (κ2) is 8.37. The molecule has 0 fully saturated rings. The summed E-state index contributed by atoms with van der Waals surface area (Å²) in [6.45, 7) is 1.72. The van der Waals surface area contributed by atoms with Crippen molar-refractivity contribution in [3.05, 3.63) is 71.4 Å². The van der Waals surface area contributed by atoms with E-state index in [0.29, 0.717) is 11.2 Å². The summed E-state index contributed by atoms with van der Waals surface area (Å²) < 4.78 is 42.1. The van der Waals surface area contributed by atoms with Gasteiger partial charge in [0.25, 0.3) is 0 Å². The van der Waals surface area contributed by atoms with E-state index in [9.17, 15) is 13.2 Å². The maximum absolute atomic E-state index is 13.1. The molecule has 0 atom stereocenters. The molecule has 0 radical (unpaired) electrons. The number of ether oxygens (including phenoxy) is 1. The van der Waals surface area contributed by atoms with E-state index in [0.717, 1.165) is 0 Å². The molecule has 31 heavy (non-hydrogen) atoms. The molecule has 158 valence electrons. The summed E-state index contributed by atoms with van der Waals surface area (Å²) in [6.07, 6.45) is 1.56. The summed E-state index contributed by atoms with van der Waals surface area (Å²) in [5.41, 5.74) is 0.890. The van der Waals surface area contributed by atoms with E-state index in [1.54, 1.807) is 31.3 Å². The van der Waals surface area contributed by atoms with Crippen LogP contribution in [0.2, 0.25) is 5.02 Å². The first kappa shape index (κ1) is 20.8. The molecule has 0 aliphatic heterocycles. The average Bonchev–Trinajstić information content (AvgIpc) is 3.17. The Balaban J connectivity index is 1.78. The van der Waals surface area contributed by atoms with Gasteiger partial charge in [-0.05, 0) is 43.3 Å².